The first-order valence-corrected chi connectivity index (χ1v) is 12.9. The number of likely N-dealkylation sites (N-methyl/N-ethyl adjacent to an activating group) is 1. The summed E-state index contributed by atoms with van der Waals surface area (Å²) in [6.45, 7) is 12.1. The molecule has 1 N–H and O–H groups in total. The molecule has 8 heteroatoms. The van der Waals surface area contributed by atoms with Gasteiger partial charge < -0.3 is 14.8 Å². The first-order chi connectivity index (χ1) is 16.6. The SMILES string of the molecule is CCN1CCN(Cc2ccc(CNC(=O)CSc3nnc(C)n3Cc3ccccc3)cc2)CC1. The molecular weight excluding hydrogens is 444 g/mol. The molecule has 34 heavy (non-hydrogen) atoms. The number of rotatable bonds is 10. The molecule has 0 bridgehead atoms. The van der Waals surface area contributed by atoms with Gasteiger partial charge in [0.1, 0.15) is 5.82 Å². The molecule has 0 unspecified atom stereocenters. The maximum atomic E-state index is 12.4. The summed E-state index contributed by atoms with van der Waals surface area (Å²) in [5.74, 6) is 1.16. The molecule has 0 aliphatic carbocycles. The van der Waals surface area contributed by atoms with Gasteiger partial charge in [-0.3, -0.25) is 9.69 Å². The lowest BCUT2D eigenvalue weighted by Gasteiger charge is -2.34. The first kappa shape index (κ1) is 24.4. The first-order valence-electron chi connectivity index (χ1n) is 12.0. The molecule has 1 aliphatic rings. The van der Waals surface area contributed by atoms with Crippen LogP contribution in [0, 0.1) is 6.92 Å². The van der Waals surface area contributed by atoms with Gasteiger partial charge in [0.05, 0.1) is 12.3 Å². The van der Waals surface area contributed by atoms with E-state index in [1.807, 2.05) is 29.7 Å². The number of hydrogen-bond donors (Lipinski definition) is 1. The smallest absolute Gasteiger partial charge is 0.230 e. The summed E-state index contributed by atoms with van der Waals surface area (Å²) in [7, 11) is 0. The zero-order valence-electron chi connectivity index (χ0n) is 20.1. The van der Waals surface area contributed by atoms with Gasteiger partial charge in [0.25, 0.3) is 0 Å². The average molecular weight is 479 g/mol. The van der Waals surface area contributed by atoms with Crippen LogP contribution in [0.4, 0.5) is 0 Å². The zero-order valence-corrected chi connectivity index (χ0v) is 20.9. The van der Waals surface area contributed by atoms with Crippen molar-refractivity contribution in [2.75, 3.05) is 38.5 Å². The van der Waals surface area contributed by atoms with Crippen molar-refractivity contribution in [1.29, 1.82) is 0 Å². The summed E-state index contributed by atoms with van der Waals surface area (Å²) in [5, 5.41) is 12.2. The summed E-state index contributed by atoms with van der Waals surface area (Å²) >= 11 is 1.42. The number of piperazine rings is 1. The Hall–Kier alpha value is -2.68. The number of carbonyl (C=O) groups excluding carboxylic acids is 1. The minimum atomic E-state index is -0.00483. The fraction of sp³-hybridized carbons (Fsp3) is 0.423. The minimum Gasteiger partial charge on any atom is -0.351 e. The largest absolute Gasteiger partial charge is 0.351 e. The summed E-state index contributed by atoms with van der Waals surface area (Å²) in [6, 6.07) is 18.8. The third kappa shape index (κ3) is 6.91. The second-order valence-electron chi connectivity index (χ2n) is 8.69. The highest BCUT2D eigenvalue weighted by atomic mass is 32.2. The fourth-order valence-corrected chi connectivity index (χ4v) is 4.90. The summed E-state index contributed by atoms with van der Waals surface area (Å²) in [6.07, 6.45) is 0. The van der Waals surface area contributed by atoms with E-state index in [4.69, 9.17) is 0 Å². The van der Waals surface area contributed by atoms with Crippen molar-refractivity contribution < 1.29 is 4.79 Å². The Kier molecular flexibility index (Phi) is 8.73. The van der Waals surface area contributed by atoms with E-state index in [0.717, 1.165) is 55.8 Å². The Morgan fingerprint density at radius 3 is 2.24 bits per heavy atom. The number of aryl methyl sites for hydroxylation is 1. The third-order valence-corrected chi connectivity index (χ3v) is 7.22. The van der Waals surface area contributed by atoms with E-state index in [2.05, 4.69) is 68.6 Å². The molecule has 0 atom stereocenters. The van der Waals surface area contributed by atoms with Gasteiger partial charge in [0, 0.05) is 39.3 Å². The van der Waals surface area contributed by atoms with Gasteiger partial charge in [0.2, 0.25) is 5.91 Å². The van der Waals surface area contributed by atoms with Crippen molar-refractivity contribution in [2.24, 2.45) is 0 Å². The van der Waals surface area contributed by atoms with Gasteiger partial charge in [-0.25, -0.2) is 0 Å². The van der Waals surface area contributed by atoms with Crippen molar-refractivity contribution in [3.05, 3.63) is 77.1 Å². The maximum Gasteiger partial charge on any atom is 0.230 e. The number of carbonyl (C=O) groups is 1. The maximum absolute atomic E-state index is 12.4. The molecule has 2 aromatic carbocycles. The molecule has 1 aromatic heterocycles. The van der Waals surface area contributed by atoms with Gasteiger partial charge >= 0.3 is 0 Å². The average Bonchev–Trinajstić information content (AvgIpc) is 3.22. The second kappa shape index (κ2) is 12.1. The topological polar surface area (TPSA) is 66.3 Å². The van der Waals surface area contributed by atoms with Crippen LogP contribution in [0.15, 0.2) is 59.8 Å². The van der Waals surface area contributed by atoms with Crippen molar-refractivity contribution in [3.8, 4) is 0 Å². The summed E-state index contributed by atoms with van der Waals surface area (Å²) in [5.41, 5.74) is 3.62. The Morgan fingerprint density at radius 1 is 0.882 bits per heavy atom. The molecule has 0 saturated carbocycles. The zero-order chi connectivity index (χ0) is 23.8. The van der Waals surface area contributed by atoms with Crippen LogP contribution >= 0.6 is 11.8 Å². The third-order valence-electron chi connectivity index (χ3n) is 6.25. The van der Waals surface area contributed by atoms with Gasteiger partial charge in [-0.2, -0.15) is 0 Å². The molecule has 1 amide bonds. The van der Waals surface area contributed by atoms with Crippen LogP contribution in [0.1, 0.15) is 29.4 Å². The molecule has 0 radical (unpaired) electrons. The molecule has 0 spiro atoms. The molecular formula is C26H34N6OS. The molecule has 1 aliphatic heterocycles. The van der Waals surface area contributed by atoms with E-state index in [9.17, 15) is 4.79 Å². The normalized spacial score (nSPS) is 14.9. The standard InChI is InChI=1S/C26H34N6OS/c1-3-30-13-15-31(16-14-30)18-24-11-9-22(10-12-24)17-27-25(33)20-34-26-29-28-21(2)32(26)19-23-7-5-4-6-8-23/h4-12H,3,13-20H2,1-2H3,(H,27,33). The van der Waals surface area contributed by atoms with Crippen LogP contribution < -0.4 is 5.32 Å². The Labute approximate surface area is 206 Å². The van der Waals surface area contributed by atoms with Gasteiger partial charge in [-0.15, -0.1) is 10.2 Å². The lowest BCUT2D eigenvalue weighted by atomic mass is 10.1. The van der Waals surface area contributed by atoms with Crippen molar-refractivity contribution in [1.82, 2.24) is 29.9 Å². The second-order valence-corrected chi connectivity index (χ2v) is 9.64. The Balaban J connectivity index is 1.21. The van der Waals surface area contributed by atoms with E-state index in [0.29, 0.717) is 18.8 Å². The van der Waals surface area contributed by atoms with E-state index in [1.165, 1.54) is 22.9 Å². The quantitative estimate of drug-likeness (QED) is 0.452. The minimum absolute atomic E-state index is 0.00483. The predicted octanol–water partition coefficient (Wildman–Crippen LogP) is 3.18. The van der Waals surface area contributed by atoms with Gasteiger partial charge in [0.15, 0.2) is 5.16 Å². The van der Waals surface area contributed by atoms with Crippen LogP contribution in [0.2, 0.25) is 0 Å². The van der Waals surface area contributed by atoms with Crippen molar-refractivity contribution in [3.63, 3.8) is 0 Å². The lowest BCUT2D eigenvalue weighted by Crippen LogP contribution is -2.45. The molecule has 3 aromatic rings. The van der Waals surface area contributed by atoms with Crippen LogP contribution in [-0.4, -0.2) is 68.9 Å². The number of thioether (sulfide) groups is 1. The van der Waals surface area contributed by atoms with Gasteiger partial charge in [-0.1, -0.05) is 73.3 Å². The molecule has 4 rings (SSSR count). The summed E-state index contributed by atoms with van der Waals surface area (Å²) < 4.78 is 2.05. The number of nitrogens with zero attached hydrogens (tertiary/aromatic N) is 5. The van der Waals surface area contributed by atoms with Crippen molar-refractivity contribution in [2.45, 2.75) is 38.6 Å². The number of benzene rings is 2. The predicted molar refractivity (Wildman–Crippen MR) is 137 cm³/mol. The Morgan fingerprint density at radius 2 is 1.53 bits per heavy atom. The number of amides is 1. The molecule has 1 fully saturated rings. The Bertz CT molecular complexity index is 1040. The van der Waals surface area contributed by atoms with E-state index >= 15 is 0 Å². The highest BCUT2D eigenvalue weighted by Crippen LogP contribution is 2.18. The van der Waals surface area contributed by atoms with Crippen LogP contribution in [0.3, 0.4) is 0 Å². The molecule has 180 valence electrons. The monoisotopic (exact) mass is 478 g/mol. The van der Waals surface area contributed by atoms with Crippen LogP contribution in [-0.2, 0) is 24.4 Å². The number of hydrogen-bond acceptors (Lipinski definition) is 6. The van der Waals surface area contributed by atoms with Crippen LogP contribution in [0.25, 0.3) is 0 Å². The van der Waals surface area contributed by atoms with Crippen LogP contribution in [0.5, 0.6) is 0 Å². The van der Waals surface area contributed by atoms with Gasteiger partial charge in [-0.05, 0) is 30.2 Å². The molecule has 7 nitrogen and oxygen atoms in total. The number of nitrogens with one attached hydrogen (secondary N) is 1. The van der Waals surface area contributed by atoms with E-state index in [-0.39, 0.29) is 5.91 Å². The highest BCUT2D eigenvalue weighted by Gasteiger charge is 2.15. The molecule has 1 saturated heterocycles. The number of aromatic nitrogens is 3. The summed E-state index contributed by atoms with van der Waals surface area (Å²) in [4.78, 5) is 17.5. The van der Waals surface area contributed by atoms with E-state index < -0.39 is 0 Å². The lowest BCUT2D eigenvalue weighted by molar-refractivity contribution is -0.118. The van der Waals surface area contributed by atoms with E-state index in [1.54, 1.807) is 0 Å². The molecule has 2 heterocycles. The highest BCUT2D eigenvalue weighted by molar-refractivity contribution is 7.99. The van der Waals surface area contributed by atoms with Crippen molar-refractivity contribution >= 4 is 17.7 Å². The fourth-order valence-electron chi connectivity index (χ4n) is 4.08.